The maximum Gasteiger partial charge on any atom is 0.243 e. The molecule has 0 radical (unpaired) electrons. The van der Waals surface area contributed by atoms with E-state index in [1.165, 1.54) is 0 Å². The second-order valence-electron chi connectivity index (χ2n) is 3.70. The lowest BCUT2D eigenvalue weighted by molar-refractivity contribution is 0.556. The molecule has 2 unspecified atom stereocenters. The van der Waals surface area contributed by atoms with Gasteiger partial charge in [0.2, 0.25) is 10.0 Å². The molecular weight excluding hydrogens is 325 g/mol. The van der Waals surface area contributed by atoms with E-state index in [2.05, 4.69) is 22.6 Å². The second-order valence-corrected chi connectivity index (χ2v) is 6.47. The van der Waals surface area contributed by atoms with Gasteiger partial charge in [-0.1, -0.05) is 40.3 Å². The summed E-state index contributed by atoms with van der Waals surface area (Å²) in [4.78, 5) is 0.403. The first-order chi connectivity index (χ1) is 7.05. The zero-order valence-corrected chi connectivity index (χ0v) is 11.3. The van der Waals surface area contributed by atoms with E-state index in [1.54, 1.807) is 16.4 Å². The molecule has 1 aromatic rings. The van der Waals surface area contributed by atoms with E-state index >= 15 is 0 Å². The quantitative estimate of drug-likeness (QED) is 0.479. The highest BCUT2D eigenvalue weighted by atomic mass is 127. The van der Waals surface area contributed by atoms with Gasteiger partial charge in [-0.15, -0.1) is 0 Å². The maximum atomic E-state index is 12.0. The molecule has 3 nitrogen and oxygen atoms in total. The largest absolute Gasteiger partial charge is 0.243 e. The van der Waals surface area contributed by atoms with Gasteiger partial charge in [-0.25, -0.2) is 8.42 Å². The minimum absolute atomic E-state index is 0.205. The third kappa shape index (κ3) is 2.19. The molecule has 0 aliphatic carbocycles. The summed E-state index contributed by atoms with van der Waals surface area (Å²) in [6.07, 6.45) is 0. The smallest absolute Gasteiger partial charge is 0.207 e. The van der Waals surface area contributed by atoms with Crippen LogP contribution in [0.15, 0.2) is 29.2 Å². The first-order valence-electron chi connectivity index (χ1n) is 4.70. The van der Waals surface area contributed by atoms with Crippen molar-refractivity contribution in [3.05, 3.63) is 29.8 Å². The third-order valence-corrected chi connectivity index (χ3v) is 5.42. The van der Waals surface area contributed by atoms with Crippen LogP contribution in [0.25, 0.3) is 0 Å². The van der Waals surface area contributed by atoms with Crippen LogP contribution < -0.4 is 0 Å². The number of aryl methyl sites for hydroxylation is 1. The summed E-state index contributed by atoms with van der Waals surface area (Å²) in [7, 11) is -3.22. The molecule has 1 heterocycles. The number of alkyl halides is 1. The minimum atomic E-state index is -3.22. The van der Waals surface area contributed by atoms with Gasteiger partial charge >= 0.3 is 0 Å². The van der Waals surface area contributed by atoms with E-state index in [0.29, 0.717) is 11.4 Å². The van der Waals surface area contributed by atoms with Gasteiger partial charge < -0.3 is 0 Å². The van der Waals surface area contributed by atoms with Crippen LogP contribution in [0, 0.1) is 6.92 Å². The number of benzene rings is 1. The molecule has 82 valence electrons. The van der Waals surface area contributed by atoms with Crippen LogP contribution >= 0.6 is 22.6 Å². The number of sulfonamides is 1. The van der Waals surface area contributed by atoms with Crippen molar-refractivity contribution in [1.29, 1.82) is 0 Å². The van der Waals surface area contributed by atoms with Crippen LogP contribution in [0.2, 0.25) is 0 Å². The molecule has 0 N–H and O–H groups in total. The monoisotopic (exact) mass is 337 g/mol. The summed E-state index contributed by atoms with van der Waals surface area (Å²) in [5.41, 5.74) is 1.07. The fourth-order valence-electron chi connectivity index (χ4n) is 1.43. The van der Waals surface area contributed by atoms with E-state index in [9.17, 15) is 8.42 Å². The Hall–Kier alpha value is -0.140. The average Bonchev–Trinajstić information content (AvgIpc) is 2.98. The van der Waals surface area contributed by atoms with Gasteiger partial charge in [-0.2, -0.15) is 4.31 Å². The second kappa shape index (κ2) is 4.03. The predicted octanol–water partition coefficient (Wildman–Crippen LogP) is 1.80. The van der Waals surface area contributed by atoms with Crippen molar-refractivity contribution in [2.24, 2.45) is 0 Å². The van der Waals surface area contributed by atoms with Crippen LogP contribution in [0.1, 0.15) is 5.56 Å². The number of rotatable bonds is 3. The number of hydrogen-bond acceptors (Lipinski definition) is 2. The average molecular weight is 337 g/mol. The van der Waals surface area contributed by atoms with E-state index in [1.807, 2.05) is 19.1 Å². The fourth-order valence-corrected chi connectivity index (χ4v) is 4.03. The summed E-state index contributed by atoms with van der Waals surface area (Å²) in [6.45, 7) is 2.61. The van der Waals surface area contributed by atoms with Crippen molar-refractivity contribution in [3.8, 4) is 0 Å². The van der Waals surface area contributed by atoms with Gasteiger partial charge in [0, 0.05) is 17.0 Å². The van der Waals surface area contributed by atoms with Gasteiger partial charge in [-0.3, -0.25) is 0 Å². The lowest BCUT2D eigenvalue weighted by Gasteiger charge is -2.05. The Morgan fingerprint density at radius 1 is 1.40 bits per heavy atom. The molecule has 2 rings (SSSR count). The molecule has 1 aromatic carbocycles. The van der Waals surface area contributed by atoms with Gasteiger partial charge in [0.1, 0.15) is 0 Å². The Bertz CT molecular complexity index is 455. The standard InChI is InChI=1S/C10H12INO2S/c1-8-2-4-10(5-3-8)15(13,14)12-7-9(12)6-11/h2-5,9H,6-7H2,1H3. The number of nitrogens with zero attached hydrogens (tertiary/aromatic N) is 1. The van der Waals surface area contributed by atoms with E-state index < -0.39 is 10.0 Å². The molecule has 1 saturated heterocycles. The van der Waals surface area contributed by atoms with Crippen molar-refractivity contribution >= 4 is 32.6 Å². The van der Waals surface area contributed by atoms with Gasteiger partial charge in [0.25, 0.3) is 0 Å². The van der Waals surface area contributed by atoms with Crippen molar-refractivity contribution in [2.45, 2.75) is 17.9 Å². The van der Waals surface area contributed by atoms with Crippen molar-refractivity contribution < 1.29 is 8.42 Å². The number of halogens is 1. The highest BCUT2D eigenvalue weighted by Crippen LogP contribution is 2.29. The van der Waals surface area contributed by atoms with Gasteiger partial charge in [0.15, 0.2) is 0 Å². The normalized spacial score (nSPS) is 25.2. The number of hydrogen-bond donors (Lipinski definition) is 0. The summed E-state index contributed by atoms with van der Waals surface area (Å²) in [6, 6.07) is 7.21. The van der Waals surface area contributed by atoms with E-state index in [4.69, 9.17) is 0 Å². The van der Waals surface area contributed by atoms with Gasteiger partial charge in [0.05, 0.1) is 4.90 Å². The molecule has 5 heteroatoms. The van der Waals surface area contributed by atoms with Crippen molar-refractivity contribution in [2.75, 3.05) is 11.0 Å². The van der Waals surface area contributed by atoms with E-state index in [-0.39, 0.29) is 6.04 Å². The molecule has 0 bridgehead atoms. The zero-order chi connectivity index (χ0) is 11.1. The van der Waals surface area contributed by atoms with Crippen LogP contribution in [0.5, 0.6) is 0 Å². The third-order valence-electron chi connectivity index (χ3n) is 2.47. The molecule has 0 amide bonds. The highest BCUT2D eigenvalue weighted by Gasteiger charge is 2.43. The highest BCUT2D eigenvalue weighted by molar-refractivity contribution is 14.1. The van der Waals surface area contributed by atoms with Crippen LogP contribution in [-0.2, 0) is 10.0 Å². The summed E-state index contributed by atoms with van der Waals surface area (Å²) in [5, 5.41) is 0. The van der Waals surface area contributed by atoms with Crippen molar-refractivity contribution in [3.63, 3.8) is 0 Å². The SMILES string of the molecule is Cc1ccc(S(=O)(=O)N2CC2CI)cc1. The molecule has 0 saturated carbocycles. The molecule has 0 aromatic heterocycles. The molecule has 1 aliphatic heterocycles. The lowest BCUT2D eigenvalue weighted by atomic mass is 10.2. The predicted molar refractivity (Wildman–Crippen MR) is 67.7 cm³/mol. The first-order valence-corrected chi connectivity index (χ1v) is 7.67. The molecular formula is C10H12INO2S. The molecule has 1 aliphatic rings. The van der Waals surface area contributed by atoms with Crippen LogP contribution in [0.3, 0.4) is 0 Å². The lowest BCUT2D eigenvalue weighted by Crippen LogP contribution is -2.15. The minimum Gasteiger partial charge on any atom is -0.207 e. The molecule has 1 fully saturated rings. The first kappa shape index (κ1) is 11.3. The van der Waals surface area contributed by atoms with Gasteiger partial charge in [-0.05, 0) is 19.1 Å². The maximum absolute atomic E-state index is 12.0. The Kier molecular flexibility index (Phi) is 3.05. The van der Waals surface area contributed by atoms with Crippen LogP contribution in [0.4, 0.5) is 0 Å². The molecule has 2 atom stereocenters. The Morgan fingerprint density at radius 3 is 2.47 bits per heavy atom. The summed E-state index contributed by atoms with van der Waals surface area (Å²) < 4.78 is 26.4. The zero-order valence-electron chi connectivity index (χ0n) is 8.35. The molecule has 0 spiro atoms. The Balaban J connectivity index is 2.27. The summed E-state index contributed by atoms with van der Waals surface area (Å²) in [5.74, 6) is 0. The van der Waals surface area contributed by atoms with Crippen LogP contribution in [-0.4, -0.2) is 29.7 Å². The molecule has 15 heavy (non-hydrogen) atoms. The van der Waals surface area contributed by atoms with E-state index in [0.717, 1.165) is 9.99 Å². The Morgan fingerprint density at radius 2 is 2.00 bits per heavy atom. The summed E-state index contributed by atoms with van der Waals surface area (Å²) >= 11 is 2.21. The van der Waals surface area contributed by atoms with Crippen molar-refractivity contribution in [1.82, 2.24) is 4.31 Å². The fraction of sp³-hybridized carbons (Fsp3) is 0.400. The topological polar surface area (TPSA) is 37.1 Å². The Labute approximate surface area is 104 Å².